The van der Waals surface area contributed by atoms with Crippen molar-refractivity contribution in [1.82, 2.24) is 4.79 Å². The number of carbonyl (C=O) groups is 1. The zero-order chi connectivity index (χ0) is 14.9. The van der Waals surface area contributed by atoms with Gasteiger partial charge in [-0.2, -0.15) is 4.79 Å². The number of nitrogens with zero attached hydrogens (tertiary/aromatic N) is 2. The van der Waals surface area contributed by atoms with Crippen LogP contribution in [0.5, 0.6) is 0 Å². The molecule has 0 unspecified atom stereocenters. The van der Waals surface area contributed by atoms with Crippen molar-refractivity contribution < 1.29 is 18.9 Å². The van der Waals surface area contributed by atoms with Crippen molar-refractivity contribution in [3.05, 3.63) is 50.3 Å². The van der Waals surface area contributed by atoms with E-state index in [1.165, 1.54) is 19.1 Å². The molecule has 0 fully saturated rings. The van der Waals surface area contributed by atoms with E-state index in [2.05, 4.69) is 4.74 Å². The van der Waals surface area contributed by atoms with Crippen LogP contribution in [0.3, 0.4) is 0 Å². The third kappa shape index (κ3) is 2.11. The Morgan fingerprint density at radius 3 is 2.80 bits per heavy atom. The van der Waals surface area contributed by atoms with Gasteiger partial charge in [-0.25, -0.2) is 4.79 Å². The highest BCUT2D eigenvalue weighted by atomic mass is 19.2. The predicted molar refractivity (Wildman–Crippen MR) is 67.3 cm³/mol. The number of benzene rings is 1. The van der Waals surface area contributed by atoms with Gasteiger partial charge >= 0.3 is 5.97 Å². The molecule has 1 aromatic heterocycles. The summed E-state index contributed by atoms with van der Waals surface area (Å²) in [6.45, 7) is 1.52. The van der Waals surface area contributed by atoms with Crippen LogP contribution in [-0.2, 0) is 4.74 Å². The van der Waals surface area contributed by atoms with Crippen LogP contribution < -0.4 is 5.43 Å². The topological polar surface area (TPSA) is 91.4 Å². The highest BCUT2D eigenvalue weighted by molar-refractivity contribution is 5.96. The van der Waals surface area contributed by atoms with Crippen molar-refractivity contribution in [2.75, 3.05) is 6.61 Å². The maximum atomic E-state index is 13.8. The van der Waals surface area contributed by atoms with Crippen molar-refractivity contribution in [1.29, 1.82) is 0 Å². The molecule has 8 heteroatoms. The van der Waals surface area contributed by atoms with Crippen LogP contribution in [0.1, 0.15) is 17.3 Å². The van der Waals surface area contributed by atoms with Crippen molar-refractivity contribution in [2.45, 2.75) is 6.92 Å². The number of rotatable bonds is 3. The highest BCUT2D eigenvalue weighted by Gasteiger charge is 2.22. The standard InChI is InChI=1S/C12H9FN2O5/c1-2-20-12(17)7-6-14(13)8-4-3-5-9(15(18)19)10(8)11(7)16/h3-6H,2H2,1H3. The predicted octanol–water partition coefficient (Wildman–Crippen LogP) is 1.82. The van der Waals surface area contributed by atoms with Gasteiger partial charge in [0.25, 0.3) is 5.69 Å². The lowest BCUT2D eigenvalue weighted by molar-refractivity contribution is -0.383. The summed E-state index contributed by atoms with van der Waals surface area (Å²) in [6, 6.07) is 3.53. The Labute approximate surface area is 111 Å². The Kier molecular flexibility index (Phi) is 3.47. The molecule has 0 radical (unpaired) electrons. The number of nitro groups is 1. The fraction of sp³-hybridized carbons (Fsp3) is 0.167. The van der Waals surface area contributed by atoms with E-state index in [0.29, 0.717) is 6.20 Å². The van der Waals surface area contributed by atoms with Crippen molar-refractivity contribution >= 4 is 22.6 Å². The molecular formula is C12H9FN2O5. The maximum absolute atomic E-state index is 13.8. The van der Waals surface area contributed by atoms with Crippen LogP contribution in [0, 0.1) is 10.1 Å². The minimum atomic E-state index is -1.02. The second kappa shape index (κ2) is 5.08. The molecule has 0 saturated heterocycles. The molecule has 0 aliphatic heterocycles. The molecule has 2 aromatic rings. The molecule has 0 atom stereocenters. The third-order valence-electron chi connectivity index (χ3n) is 2.66. The first-order chi connectivity index (χ1) is 9.47. The molecule has 0 saturated carbocycles. The van der Waals surface area contributed by atoms with Gasteiger partial charge in [0.15, 0.2) is 0 Å². The fourth-order valence-corrected chi connectivity index (χ4v) is 1.82. The SMILES string of the molecule is CCOC(=O)c1cn(F)c2cccc([N+](=O)[O-])c2c1=O. The summed E-state index contributed by atoms with van der Waals surface area (Å²) in [6.07, 6.45) is 0.659. The number of hydrogen-bond donors (Lipinski definition) is 0. The summed E-state index contributed by atoms with van der Waals surface area (Å²) < 4.78 is 18.4. The van der Waals surface area contributed by atoms with Crippen LogP contribution >= 0.6 is 0 Å². The quantitative estimate of drug-likeness (QED) is 0.486. The minimum Gasteiger partial charge on any atom is -0.462 e. The van der Waals surface area contributed by atoms with E-state index in [0.717, 1.165) is 6.07 Å². The Morgan fingerprint density at radius 2 is 2.20 bits per heavy atom. The monoisotopic (exact) mass is 280 g/mol. The van der Waals surface area contributed by atoms with Gasteiger partial charge in [-0.3, -0.25) is 14.9 Å². The summed E-state index contributed by atoms with van der Waals surface area (Å²) in [5.74, 6) is -1.02. The average Bonchev–Trinajstić information content (AvgIpc) is 2.42. The maximum Gasteiger partial charge on any atom is 0.343 e. The van der Waals surface area contributed by atoms with E-state index in [1.54, 1.807) is 0 Å². The van der Waals surface area contributed by atoms with Crippen LogP contribution in [0.4, 0.5) is 10.2 Å². The first kappa shape index (κ1) is 13.7. The lowest BCUT2D eigenvalue weighted by Gasteiger charge is -2.06. The van der Waals surface area contributed by atoms with Gasteiger partial charge in [0.05, 0.1) is 23.2 Å². The number of esters is 1. The molecule has 0 aliphatic rings. The highest BCUT2D eigenvalue weighted by Crippen LogP contribution is 2.23. The van der Waals surface area contributed by atoms with Crippen molar-refractivity contribution in [3.63, 3.8) is 0 Å². The lowest BCUT2D eigenvalue weighted by Crippen LogP contribution is -2.20. The Balaban J connectivity index is 2.87. The average molecular weight is 280 g/mol. The van der Waals surface area contributed by atoms with Gasteiger partial charge in [0, 0.05) is 6.07 Å². The minimum absolute atomic E-state index is 0.000517. The summed E-state index contributed by atoms with van der Waals surface area (Å²) in [5.41, 5.74) is -2.36. The van der Waals surface area contributed by atoms with Crippen LogP contribution in [0.15, 0.2) is 29.2 Å². The van der Waals surface area contributed by atoms with Crippen molar-refractivity contribution in [2.24, 2.45) is 0 Å². The first-order valence-electron chi connectivity index (χ1n) is 5.63. The van der Waals surface area contributed by atoms with Gasteiger partial charge < -0.3 is 4.74 Å². The number of aromatic nitrogens is 1. The Bertz CT molecular complexity index is 768. The molecule has 7 nitrogen and oxygen atoms in total. The van der Waals surface area contributed by atoms with Gasteiger partial charge in [-0.1, -0.05) is 10.5 Å². The van der Waals surface area contributed by atoms with E-state index in [4.69, 9.17) is 0 Å². The molecule has 104 valence electrons. The number of ether oxygens (including phenoxy) is 1. The van der Waals surface area contributed by atoms with E-state index in [9.17, 15) is 24.2 Å². The van der Waals surface area contributed by atoms with E-state index >= 15 is 0 Å². The molecular weight excluding hydrogens is 271 g/mol. The molecule has 0 aliphatic carbocycles. The number of hydrogen-bond acceptors (Lipinski definition) is 5. The second-order valence-electron chi connectivity index (χ2n) is 3.83. The lowest BCUT2D eigenvalue weighted by atomic mass is 10.1. The summed E-state index contributed by atoms with van der Waals surface area (Å²) in [7, 11) is 0. The molecule has 2 rings (SSSR count). The molecule has 0 spiro atoms. The smallest absolute Gasteiger partial charge is 0.343 e. The Hall–Kier alpha value is -2.77. The van der Waals surface area contributed by atoms with Crippen LogP contribution in [0.2, 0.25) is 0 Å². The van der Waals surface area contributed by atoms with Gasteiger partial charge in [0.2, 0.25) is 5.43 Å². The van der Waals surface area contributed by atoms with Crippen molar-refractivity contribution in [3.8, 4) is 0 Å². The molecule has 1 aromatic carbocycles. The zero-order valence-corrected chi connectivity index (χ0v) is 10.3. The number of carbonyl (C=O) groups excluding carboxylic acids is 1. The van der Waals surface area contributed by atoms with Crippen LogP contribution in [0.25, 0.3) is 10.9 Å². The zero-order valence-electron chi connectivity index (χ0n) is 10.3. The Morgan fingerprint density at radius 1 is 1.50 bits per heavy atom. The van der Waals surface area contributed by atoms with E-state index in [1.807, 2.05) is 0 Å². The van der Waals surface area contributed by atoms with Crippen LogP contribution in [-0.4, -0.2) is 22.3 Å². The fourth-order valence-electron chi connectivity index (χ4n) is 1.82. The van der Waals surface area contributed by atoms with E-state index < -0.39 is 33.0 Å². The second-order valence-corrected chi connectivity index (χ2v) is 3.83. The number of nitro benzene ring substituents is 1. The number of fused-ring (bicyclic) bond motifs is 1. The molecule has 0 amide bonds. The largest absolute Gasteiger partial charge is 0.462 e. The molecule has 1 heterocycles. The summed E-state index contributed by atoms with van der Waals surface area (Å²) >= 11 is 0. The van der Waals surface area contributed by atoms with Gasteiger partial charge in [-0.05, 0) is 13.0 Å². The molecule has 0 N–H and O–H groups in total. The summed E-state index contributed by atoms with van der Waals surface area (Å²) in [4.78, 5) is 33.8. The molecule has 0 bridgehead atoms. The van der Waals surface area contributed by atoms with Gasteiger partial charge in [-0.15, -0.1) is 0 Å². The third-order valence-corrected chi connectivity index (χ3v) is 2.66. The summed E-state index contributed by atoms with van der Waals surface area (Å²) in [5, 5.41) is 10.4. The van der Waals surface area contributed by atoms with Gasteiger partial charge in [0.1, 0.15) is 10.9 Å². The number of pyridine rings is 1. The number of non-ortho nitro benzene ring substituents is 1. The normalized spacial score (nSPS) is 10.5. The van der Waals surface area contributed by atoms with E-state index in [-0.39, 0.29) is 16.9 Å². The number of halogens is 1. The first-order valence-corrected chi connectivity index (χ1v) is 5.63. The molecule has 20 heavy (non-hydrogen) atoms.